The van der Waals surface area contributed by atoms with Gasteiger partial charge in [0.1, 0.15) is 11.6 Å². The van der Waals surface area contributed by atoms with Gasteiger partial charge in [0, 0.05) is 25.3 Å². The number of pyridine rings is 1. The van der Waals surface area contributed by atoms with Crippen LogP contribution in [0.15, 0.2) is 12.3 Å². The molecule has 0 bridgehead atoms. The molecule has 2 N–H and O–H groups in total. The maximum Gasteiger partial charge on any atom is 0.329 e. The van der Waals surface area contributed by atoms with Gasteiger partial charge in [-0.05, 0) is 18.4 Å². The number of hydrogen-bond donors (Lipinski definition) is 1. The van der Waals surface area contributed by atoms with Gasteiger partial charge >= 0.3 is 5.69 Å². The molecule has 1 fully saturated rings. The molecule has 0 saturated carbocycles. The molecule has 0 aliphatic carbocycles. The third kappa shape index (κ3) is 2.48. The van der Waals surface area contributed by atoms with Gasteiger partial charge in [-0.15, -0.1) is 0 Å². The normalized spacial score (nSPS) is 22.9. The summed E-state index contributed by atoms with van der Waals surface area (Å²) in [5.74, 6) is 0.503. The van der Waals surface area contributed by atoms with Gasteiger partial charge in [0.15, 0.2) is 0 Å². The van der Waals surface area contributed by atoms with E-state index in [-0.39, 0.29) is 29.0 Å². The molecule has 19 heavy (non-hydrogen) atoms. The number of aromatic nitrogens is 1. The fraction of sp³-hybridized carbons (Fsp3) is 0.500. The zero-order chi connectivity index (χ0) is 14.0. The fourth-order valence-electron chi connectivity index (χ4n) is 2.30. The molecule has 1 aliphatic rings. The summed E-state index contributed by atoms with van der Waals surface area (Å²) < 4.78 is 0. The minimum Gasteiger partial charge on any atom is -0.350 e. The molecule has 0 aromatic carbocycles. The van der Waals surface area contributed by atoms with Crippen molar-refractivity contribution in [2.45, 2.75) is 19.4 Å². The van der Waals surface area contributed by atoms with Gasteiger partial charge in [0.05, 0.1) is 4.92 Å². The number of hydrogen-bond acceptors (Lipinski definition) is 6. The summed E-state index contributed by atoms with van der Waals surface area (Å²) in [6.45, 7) is 3.24. The van der Waals surface area contributed by atoms with Crippen LogP contribution in [0.1, 0.15) is 18.9 Å². The highest BCUT2D eigenvalue weighted by molar-refractivity contribution is 5.65. The van der Waals surface area contributed by atoms with E-state index < -0.39 is 4.92 Å². The predicted octanol–water partition coefficient (Wildman–Crippen LogP) is 1.03. The molecule has 7 nitrogen and oxygen atoms in total. The van der Waals surface area contributed by atoms with Crippen molar-refractivity contribution in [2.75, 3.05) is 18.0 Å². The summed E-state index contributed by atoms with van der Waals surface area (Å²) in [6.07, 6.45) is 2.19. The van der Waals surface area contributed by atoms with E-state index in [9.17, 15) is 10.1 Å². The predicted molar refractivity (Wildman–Crippen MR) is 69.6 cm³/mol. The van der Waals surface area contributed by atoms with E-state index in [1.807, 2.05) is 17.9 Å². The van der Waals surface area contributed by atoms with Crippen LogP contribution in [0.25, 0.3) is 0 Å². The van der Waals surface area contributed by atoms with Crippen LogP contribution < -0.4 is 10.6 Å². The Labute approximate surface area is 110 Å². The molecule has 1 aliphatic heterocycles. The summed E-state index contributed by atoms with van der Waals surface area (Å²) in [5, 5.41) is 20.1. The second-order valence-corrected chi connectivity index (χ2v) is 4.78. The van der Waals surface area contributed by atoms with Crippen molar-refractivity contribution in [1.82, 2.24) is 4.98 Å². The molecule has 1 aromatic heterocycles. The summed E-state index contributed by atoms with van der Waals surface area (Å²) in [5.41, 5.74) is 5.76. The number of nitriles is 1. The Hall–Kier alpha value is -2.20. The lowest BCUT2D eigenvalue weighted by atomic mass is 9.94. The largest absolute Gasteiger partial charge is 0.350 e. The van der Waals surface area contributed by atoms with E-state index >= 15 is 0 Å². The van der Waals surface area contributed by atoms with Gasteiger partial charge in [0.25, 0.3) is 0 Å². The van der Waals surface area contributed by atoms with E-state index in [0.29, 0.717) is 13.1 Å². The highest BCUT2D eigenvalue weighted by atomic mass is 16.6. The zero-order valence-electron chi connectivity index (χ0n) is 10.6. The number of nitrogens with two attached hydrogens (primary N) is 1. The number of anilines is 1. The molecule has 0 amide bonds. The van der Waals surface area contributed by atoms with Gasteiger partial charge < -0.3 is 10.6 Å². The van der Waals surface area contributed by atoms with Crippen LogP contribution >= 0.6 is 0 Å². The first kappa shape index (κ1) is 13.2. The first-order valence-electron chi connectivity index (χ1n) is 6.08. The molecular formula is C12H15N5O2. The third-order valence-corrected chi connectivity index (χ3v) is 3.48. The van der Waals surface area contributed by atoms with Crippen molar-refractivity contribution < 1.29 is 4.92 Å². The van der Waals surface area contributed by atoms with E-state index in [1.54, 1.807) is 0 Å². The van der Waals surface area contributed by atoms with Crippen LogP contribution in [-0.2, 0) is 0 Å². The maximum atomic E-state index is 11.2. The van der Waals surface area contributed by atoms with E-state index in [2.05, 4.69) is 4.98 Å². The average Bonchev–Trinajstić information content (AvgIpc) is 2.40. The lowest BCUT2D eigenvalue weighted by Crippen LogP contribution is -2.46. The Kier molecular flexibility index (Phi) is 3.62. The number of piperidine rings is 1. The highest BCUT2D eigenvalue weighted by Crippen LogP contribution is 2.31. The second-order valence-electron chi connectivity index (χ2n) is 4.78. The first-order valence-corrected chi connectivity index (χ1v) is 6.08. The SMILES string of the molecule is CC1CN(c2nccc(C#N)c2[N+](=O)[O-])CCC1N. The first-order chi connectivity index (χ1) is 9.04. The van der Waals surface area contributed by atoms with Crippen molar-refractivity contribution in [3.8, 4) is 6.07 Å². The third-order valence-electron chi connectivity index (χ3n) is 3.48. The summed E-state index contributed by atoms with van der Waals surface area (Å²) in [6, 6.07) is 3.31. The molecular weight excluding hydrogens is 246 g/mol. The quantitative estimate of drug-likeness (QED) is 0.629. The lowest BCUT2D eigenvalue weighted by molar-refractivity contribution is -0.384. The Bertz CT molecular complexity index is 539. The monoisotopic (exact) mass is 261 g/mol. The van der Waals surface area contributed by atoms with Crippen LogP contribution in [0.4, 0.5) is 11.5 Å². The minimum atomic E-state index is -0.542. The standard InChI is InChI=1S/C12H15N5O2/c1-8-7-16(5-3-10(8)14)12-11(17(18)19)9(6-13)2-4-15-12/h2,4,8,10H,3,5,7,14H2,1H3. The van der Waals surface area contributed by atoms with Gasteiger partial charge in [-0.25, -0.2) is 4.98 Å². The van der Waals surface area contributed by atoms with Crippen LogP contribution in [0.5, 0.6) is 0 Å². The molecule has 1 aromatic rings. The molecule has 0 spiro atoms. The maximum absolute atomic E-state index is 11.2. The smallest absolute Gasteiger partial charge is 0.329 e. The summed E-state index contributed by atoms with van der Waals surface area (Å²) >= 11 is 0. The lowest BCUT2D eigenvalue weighted by Gasteiger charge is -2.35. The van der Waals surface area contributed by atoms with E-state index in [1.165, 1.54) is 12.3 Å². The molecule has 7 heteroatoms. The van der Waals surface area contributed by atoms with E-state index in [4.69, 9.17) is 11.0 Å². The molecule has 1 saturated heterocycles. The highest BCUT2D eigenvalue weighted by Gasteiger charge is 2.30. The van der Waals surface area contributed by atoms with Crippen molar-refractivity contribution in [1.29, 1.82) is 5.26 Å². The average molecular weight is 261 g/mol. The minimum absolute atomic E-state index is 0.0394. The number of nitro groups is 1. The van der Waals surface area contributed by atoms with Crippen LogP contribution in [-0.4, -0.2) is 29.0 Å². The Morgan fingerprint density at radius 3 is 3.00 bits per heavy atom. The topological polar surface area (TPSA) is 109 Å². The number of nitrogens with zero attached hydrogens (tertiary/aromatic N) is 4. The van der Waals surface area contributed by atoms with Crippen LogP contribution in [0.2, 0.25) is 0 Å². The van der Waals surface area contributed by atoms with Crippen molar-refractivity contribution in [3.63, 3.8) is 0 Å². The fourth-order valence-corrected chi connectivity index (χ4v) is 2.30. The summed E-state index contributed by atoms with van der Waals surface area (Å²) in [4.78, 5) is 16.5. The molecule has 2 rings (SSSR count). The molecule has 2 unspecified atom stereocenters. The summed E-state index contributed by atoms with van der Waals surface area (Å²) in [7, 11) is 0. The second kappa shape index (κ2) is 5.20. The Morgan fingerprint density at radius 1 is 1.68 bits per heavy atom. The van der Waals surface area contributed by atoms with Gasteiger partial charge in [0.2, 0.25) is 5.82 Å². The van der Waals surface area contributed by atoms with Crippen molar-refractivity contribution in [2.24, 2.45) is 11.7 Å². The van der Waals surface area contributed by atoms with Gasteiger partial charge in [-0.2, -0.15) is 5.26 Å². The van der Waals surface area contributed by atoms with Gasteiger partial charge in [-0.3, -0.25) is 10.1 Å². The van der Waals surface area contributed by atoms with Crippen LogP contribution in [0.3, 0.4) is 0 Å². The zero-order valence-corrected chi connectivity index (χ0v) is 10.6. The molecule has 0 radical (unpaired) electrons. The van der Waals surface area contributed by atoms with Gasteiger partial charge in [-0.1, -0.05) is 6.92 Å². The Morgan fingerprint density at radius 2 is 2.42 bits per heavy atom. The molecule has 100 valence electrons. The Balaban J connectivity index is 2.40. The molecule has 2 atom stereocenters. The van der Waals surface area contributed by atoms with Crippen LogP contribution in [0, 0.1) is 27.4 Å². The molecule has 2 heterocycles. The van der Waals surface area contributed by atoms with Crippen molar-refractivity contribution >= 4 is 11.5 Å². The number of rotatable bonds is 2. The van der Waals surface area contributed by atoms with Crippen molar-refractivity contribution in [3.05, 3.63) is 27.9 Å². The van der Waals surface area contributed by atoms with E-state index in [0.717, 1.165) is 6.42 Å².